The highest BCUT2D eigenvalue weighted by Crippen LogP contribution is 2.29. The van der Waals surface area contributed by atoms with E-state index < -0.39 is 5.97 Å². The van der Waals surface area contributed by atoms with Gasteiger partial charge in [0.05, 0.1) is 0 Å². The van der Waals surface area contributed by atoms with Gasteiger partial charge in [0.25, 0.3) is 0 Å². The van der Waals surface area contributed by atoms with E-state index in [-0.39, 0.29) is 0 Å². The van der Waals surface area contributed by atoms with Gasteiger partial charge in [0.2, 0.25) is 0 Å². The zero-order valence-corrected chi connectivity index (χ0v) is 10.5. The van der Waals surface area contributed by atoms with Crippen LogP contribution in [0.3, 0.4) is 0 Å². The van der Waals surface area contributed by atoms with E-state index in [1.807, 2.05) is 0 Å². The topological polar surface area (TPSA) is 40.5 Å². The maximum atomic E-state index is 10.3. The van der Waals surface area contributed by atoms with Crippen molar-refractivity contribution in [1.29, 1.82) is 0 Å². The van der Waals surface area contributed by atoms with Crippen molar-refractivity contribution in [3.05, 3.63) is 0 Å². The Kier molecular flexibility index (Phi) is 6.46. The number of unbranched alkanes of at least 4 members (excludes halogenated alkanes) is 2. The van der Waals surface area contributed by atoms with Crippen molar-refractivity contribution in [3.8, 4) is 0 Å². The number of nitrogens with zero attached hydrogens (tertiary/aromatic N) is 1. The molecule has 1 rings (SSSR count). The number of carbonyl (C=O) groups is 1. The van der Waals surface area contributed by atoms with Gasteiger partial charge in [-0.1, -0.05) is 13.3 Å². The molecule has 0 spiro atoms. The monoisotopic (exact) mass is 227 g/mol. The minimum atomic E-state index is -0.664. The fourth-order valence-corrected chi connectivity index (χ4v) is 2.06. The van der Waals surface area contributed by atoms with Crippen LogP contribution in [0.1, 0.15) is 51.9 Å². The second-order valence-corrected chi connectivity index (χ2v) is 4.95. The van der Waals surface area contributed by atoms with Crippen LogP contribution in [0.5, 0.6) is 0 Å². The summed E-state index contributed by atoms with van der Waals surface area (Å²) in [5, 5.41) is 8.52. The van der Waals surface area contributed by atoms with E-state index in [1.54, 1.807) is 0 Å². The zero-order valence-electron chi connectivity index (χ0n) is 10.5. The summed E-state index contributed by atoms with van der Waals surface area (Å²) in [6, 6.07) is 0. The van der Waals surface area contributed by atoms with Crippen LogP contribution in [-0.2, 0) is 4.79 Å². The van der Waals surface area contributed by atoms with Gasteiger partial charge in [-0.05, 0) is 51.1 Å². The summed E-state index contributed by atoms with van der Waals surface area (Å²) in [5.74, 6) is 0.300. The molecule has 16 heavy (non-hydrogen) atoms. The van der Waals surface area contributed by atoms with Crippen LogP contribution in [-0.4, -0.2) is 35.6 Å². The third-order valence-corrected chi connectivity index (χ3v) is 3.12. The molecule has 0 aromatic rings. The maximum Gasteiger partial charge on any atom is 0.303 e. The van der Waals surface area contributed by atoms with E-state index in [4.69, 9.17) is 5.11 Å². The number of rotatable bonds is 10. The van der Waals surface area contributed by atoms with E-state index >= 15 is 0 Å². The van der Waals surface area contributed by atoms with E-state index in [0.717, 1.165) is 31.7 Å². The highest BCUT2D eigenvalue weighted by atomic mass is 16.4. The summed E-state index contributed by atoms with van der Waals surface area (Å²) in [7, 11) is 0. The molecule has 3 heteroatoms. The lowest BCUT2D eigenvalue weighted by Gasteiger charge is -2.21. The van der Waals surface area contributed by atoms with Crippen LogP contribution < -0.4 is 0 Å². The minimum Gasteiger partial charge on any atom is -0.481 e. The molecule has 0 amide bonds. The van der Waals surface area contributed by atoms with Crippen LogP contribution in [0, 0.1) is 5.92 Å². The fourth-order valence-electron chi connectivity index (χ4n) is 2.06. The van der Waals surface area contributed by atoms with Gasteiger partial charge < -0.3 is 10.0 Å². The number of hydrogen-bond acceptors (Lipinski definition) is 2. The zero-order chi connectivity index (χ0) is 11.8. The number of carboxylic acid groups (broad SMARTS) is 1. The Morgan fingerprint density at radius 1 is 1.25 bits per heavy atom. The lowest BCUT2D eigenvalue weighted by atomic mass is 10.2. The van der Waals surface area contributed by atoms with Crippen molar-refractivity contribution in [2.75, 3.05) is 19.6 Å². The molecule has 1 aliphatic carbocycles. The molecule has 0 aromatic carbocycles. The second kappa shape index (κ2) is 7.66. The van der Waals surface area contributed by atoms with E-state index in [1.165, 1.54) is 32.4 Å². The van der Waals surface area contributed by atoms with Crippen molar-refractivity contribution < 1.29 is 9.90 Å². The Labute approximate surface area is 98.8 Å². The Balaban J connectivity index is 1.99. The molecule has 1 fully saturated rings. The Morgan fingerprint density at radius 3 is 2.56 bits per heavy atom. The molecule has 1 saturated carbocycles. The first-order valence-corrected chi connectivity index (χ1v) is 6.66. The molecular formula is C13H25NO2. The van der Waals surface area contributed by atoms with Gasteiger partial charge in [0, 0.05) is 13.0 Å². The molecular weight excluding hydrogens is 202 g/mol. The highest BCUT2D eigenvalue weighted by Gasteiger charge is 2.23. The largest absolute Gasteiger partial charge is 0.481 e. The Morgan fingerprint density at radius 2 is 2.00 bits per heavy atom. The molecule has 1 N–H and O–H groups in total. The van der Waals surface area contributed by atoms with Crippen LogP contribution in [0.2, 0.25) is 0 Å². The molecule has 0 aromatic heterocycles. The summed E-state index contributed by atoms with van der Waals surface area (Å²) in [4.78, 5) is 12.9. The molecule has 0 unspecified atom stereocenters. The van der Waals surface area contributed by atoms with Crippen molar-refractivity contribution >= 4 is 5.97 Å². The average Bonchev–Trinajstić information content (AvgIpc) is 3.01. The van der Waals surface area contributed by atoms with Gasteiger partial charge in [-0.2, -0.15) is 0 Å². The molecule has 0 atom stereocenters. The summed E-state index contributed by atoms with van der Waals surface area (Å²) >= 11 is 0. The van der Waals surface area contributed by atoms with Gasteiger partial charge in [-0.15, -0.1) is 0 Å². The Hall–Kier alpha value is -0.570. The molecule has 0 radical (unpaired) electrons. The Bertz CT molecular complexity index is 202. The van der Waals surface area contributed by atoms with Gasteiger partial charge >= 0.3 is 5.97 Å². The molecule has 0 heterocycles. The molecule has 0 bridgehead atoms. The quantitative estimate of drug-likeness (QED) is 0.583. The number of carboxylic acids is 1. The molecule has 3 nitrogen and oxygen atoms in total. The normalized spacial score (nSPS) is 15.6. The predicted octanol–water partition coefficient (Wildman–Crippen LogP) is 2.75. The van der Waals surface area contributed by atoms with Crippen LogP contribution >= 0.6 is 0 Å². The van der Waals surface area contributed by atoms with E-state index in [0.29, 0.717) is 6.42 Å². The first-order chi connectivity index (χ1) is 7.72. The van der Waals surface area contributed by atoms with Crippen LogP contribution in [0.4, 0.5) is 0 Å². The molecule has 94 valence electrons. The molecule has 1 aliphatic rings. The number of hydrogen-bond donors (Lipinski definition) is 1. The van der Waals surface area contributed by atoms with Crippen molar-refractivity contribution in [3.63, 3.8) is 0 Å². The maximum absolute atomic E-state index is 10.3. The summed E-state index contributed by atoms with van der Waals surface area (Å²) in [6.45, 7) is 5.86. The van der Waals surface area contributed by atoms with Gasteiger partial charge in [-0.25, -0.2) is 0 Å². The van der Waals surface area contributed by atoms with Crippen molar-refractivity contribution in [1.82, 2.24) is 4.90 Å². The van der Waals surface area contributed by atoms with Gasteiger partial charge in [0.15, 0.2) is 0 Å². The minimum absolute atomic E-state index is 0.330. The van der Waals surface area contributed by atoms with Gasteiger partial charge in [-0.3, -0.25) is 4.79 Å². The van der Waals surface area contributed by atoms with Crippen LogP contribution in [0.15, 0.2) is 0 Å². The fraction of sp³-hybridized carbons (Fsp3) is 0.923. The first kappa shape index (κ1) is 13.5. The first-order valence-electron chi connectivity index (χ1n) is 6.66. The highest BCUT2D eigenvalue weighted by molar-refractivity contribution is 5.66. The smallest absolute Gasteiger partial charge is 0.303 e. The summed E-state index contributed by atoms with van der Waals surface area (Å²) in [6.07, 6.45) is 7.42. The van der Waals surface area contributed by atoms with Crippen molar-refractivity contribution in [2.24, 2.45) is 5.92 Å². The predicted molar refractivity (Wildman–Crippen MR) is 65.6 cm³/mol. The standard InChI is InChI=1S/C13H25NO2/c1-2-9-14(11-12-7-8-12)10-5-3-4-6-13(15)16/h12H,2-11H2,1H3,(H,15,16). The summed E-state index contributed by atoms with van der Waals surface area (Å²) < 4.78 is 0. The third kappa shape index (κ3) is 6.83. The van der Waals surface area contributed by atoms with Crippen molar-refractivity contribution in [2.45, 2.75) is 51.9 Å². The third-order valence-electron chi connectivity index (χ3n) is 3.12. The van der Waals surface area contributed by atoms with Crippen LogP contribution in [0.25, 0.3) is 0 Å². The molecule has 0 saturated heterocycles. The van der Waals surface area contributed by atoms with E-state index in [2.05, 4.69) is 11.8 Å². The summed E-state index contributed by atoms with van der Waals surface area (Å²) in [5.41, 5.74) is 0. The van der Waals surface area contributed by atoms with Gasteiger partial charge in [0.1, 0.15) is 0 Å². The molecule has 0 aliphatic heterocycles. The van der Waals surface area contributed by atoms with E-state index in [9.17, 15) is 4.79 Å². The lowest BCUT2D eigenvalue weighted by molar-refractivity contribution is -0.137. The lowest BCUT2D eigenvalue weighted by Crippen LogP contribution is -2.28. The number of aliphatic carboxylic acids is 1. The SMILES string of the molecule is CCCN(CCCCCC(=O)O)CC1CC1. The second-order valence-electron chi connectivity index (χ2n) is 4.95. The average molecular weight is 227 g/mol.